The lowest BCUT2D eigenvalue weighted by Crippen LogP contribution is -2.41. The van der Waals surface area contributed by atoms with Crippen LogP contribution in [0.5, 0.6) is 0 Å². The lowest BCUT2D eigenvalue weighted by molar-refractivity contribution is -0.139. The van der Waals surface area contributed by atoms with Gasteiger partial charge in [-0.15, -0.1) is 0 Å². The number of hydrogen-bond donors (Lipinski definition) is 5. The van der Waals surface area contributed by atoms with Crippen LogP contribution in [-0.4, -0.2) is 71.4 Å². The maximum atomic E-state index is 12.5. The van der Waals surface area contributed by atoms with Crippen LogP contribution in [-0.2, 0) is 14.3 Å². The Kier molecular flexibility index (Phi) is 9.89. The first-order chi connectivity index (χ1) is 20.4. The molecule has 3 aliphatic rings. The van der Waals surface area contributed by atoms with Gasteiger partial charge in [-0.05, 0) is 54.4 Å². The lowest BCUT2D eigenvalue weighted by atomic mass is 9.98. The number of urea groups is 1. The number of benzene rings is 2. The fourth-order valence-corrected chi connectivity index (χ4v) is 7.65. The number of thioether (sulfide) groups is 1. The van der Waals surface area contributed by atoms with E-state index >= 15 is 0 Å². The molecule has 0 spiro atoms. The van der Waals surface area contributed by atoms with Crippen molar-refractivity contribution in [2.75, 3.05) is 18.9 Å². The van der Waals surface area contributed by atoms with Gasteiger partial charge in [0.15, 0.2) is 0 Å². The van der Waals surface area contributed by atoms with Crippen LogP contribution in [0.3, 0.4) is 0 Å². The fraction of sp³-hybridized carbons (Fsp3) is 0.484. The Morgan fingerprint density at radius 2 is 1.69 bits per heavy atom. The molecule has 2 aromatic carbocycles. The first-order valence-electron chi connectivity index (χ1n) is 14.7. The number of aliphatic carboxylic acids is 1. The van der Waals surface area contributed by atoms with E-state index in [-0.39, 0.29) is 43.0 Å². The van der Waals surface area contributed by atoms with Gasteiger partial charge in [-0.25, -0.2) is 14.4 Å². The minimum Gasteiger partial charge on any atom is -0.480 e. The molecule has 5 N–H and O–H groups in total. The maximum absolute atomic E-state index is 12.5. The fourth-order valence-electron chi connectivity index (χ4n) is 6.10. The van der Waals surface area contributed by atoms with Crippen molar-refractivity contribution in [2.24, 2.45) is 0 Å². The lowest BCUT2D eigenvalue weighted by Gasteiger charge is -2.17. The molecular weight excluding hydrogens is 556 g/mol. The van der Waals surface area contributed by atoms with Crippen LogP contribution in [0.2, 0.25) is 0 Å². The molecule has 4 atom stereocenters. The summed E-state index contributed by atoms with van der Waals surface area (Å²) < 4.78 is 5.49. The van der Waals surface area contributed by atoms with Gasteiger partial charge in [0.1, 0.15) is 12.6 Å². The molecule has 224 valence electrons. The Labute approximate surface area is 249 Å². The van der Waals surface area contributed by atoms with Gasteiger partial charge in [0, 0.05) is 29.9 Å². The summed E-state index contributed by atoms with van der Waals surface area (Å²) in [6.45, 7) is 0.572. The van der Waals surface area contributed by atoms with Gasteiger partial charge in [0.25, 0.3) is 0 Å². The van der Waals surface area contributed by atoms with Crippen molar-refractivity contribution >= 4 is 35.8 Å². The zero-order valence-electron chi connectivity index (χ0n) is 23.5. The number of carboxylic acid groups (broad SMARTS) is 1. The van der Waals surface area contributed by atoms with Crippen molar-refractivity contribution in [2.45, 2.75) is 74.2 Å². The van der Waals surface area contributed by atoms with E-state index in [4.69, 9.17) is 4.74 Å². The second-order valence-corrected chi connectivity index (χ2v) is 12.3. The number of carboxylic acids is 1. The molecule has 5 rings (SSSR count). The van der Waals surface area contributed by atoms with Gasteiger partial charge < -0.3 is 31.1 Å². The third kappa shape index (κ3) is 7.18. The predicted octanol–water partition coefficient (Wildman–Crippen LogP) is 3.99. The molecule has 2 saturated heterocycles. The number of ether oxygens (including phenoxy) is 1. The smallest absolute Gasteiger partial charge is 0.407 e. The summed E-state index contributed by atoms with van der Waals surface area (Å²) >= 11 is 1.87. The molecule has 2 aliphatic heterocycles. The third-order valence-corrected chi connectivity index (χ3v) is 9.76. The molecule has 2 unspecified atom stereocenters. The number of carbonyl (C=O) groups is 4. The van der Waals surface area contributed by atoms with Crippen molar-refractivity contribution < 1.29 is 29.0 Å². The van der Waals surface area contributed by atoms with E-state index in [1.807, 2.05) is 48.2 Å². The molecule has 0 bridgehead atoms. The minimum atomic E-state index is -1.12. The summed E-state index contributed by atoms with van der Waals surface area (Å²) in [7, 11) is 0. The van der Waals surface area contributed by atoms with Gasteiger partial charge >= 0.3 is 18.1 Å². The monoisotopic (exact) mass is 594 g/mol. The standard InChI is InChI=1S/C31H38N4O6S/c36-27(15-6-5-14-26-28-25(18-42-26)33-30(39)35-28)32-16-8-7-13-24(29(37)38)34-31(40)41-17-23-21-11-3-1-9-19(21)20-10-2-4-12-22(20)23/h1-4,9-12,23-26,28H,5-8,13-18H2,(H,32,36)(H,34,40)(H,37,38)(H2,33,35,39)/t24?,25-,26?,28-/m0/s1. The SMILES string of the molecule is O=C(CCCCC1SC[C@@H]2NC(=O)N[C@H]12)NCCCCC(NC(=O)OCC1c2ccccc2-c2ccccc21)C(=O)O. The summed E-state index contributed by atoms with van der Waals surface area (Å²) in [6.07, 6.45) is 3.74. The Hall–Kier alpha value is -3.73. The molecule has 2 fully saturated rings. The van der Waals surface area contributed by atoms with E-state index in [9.17, 15) is 24.3 Å². The maximum Gasteiger partial charge on any atom is 0.407 e. The largest absolute Gasteiger partial charge is 0.480 e. The van der Waals surface area contributed by atoms with E-state index in [1.165, 1.54) is 0 Å². The molecule has 10 nitrogen and oxygen atoms in total. The third-order valence-electron chi connectivity index (χ3n) is 8.26. The topological polar surface area (TPSA) is 146 Å². The van der Waals surface area contributed by atoms with Crippen LogP contribution in [0.15, 0.2) is 48.5 Å². The average molecular weight is 595 g/mol. The summed E-state index contributed by atoms with van der Waals surface area (Å²) in [5.74, 6) is -0.309. The number of nitrogens with one attached hydrogen (secondary N) is 4. The highest BCUT2D eigenvalue weighted by Gasteiger charge is 2.42. The normalized spacial score (nSPS) is 21.0. The van der Waals surface area contributed by atoms with E-state index in [0.29, 0.717) is 31.1 Å². The van der Waals surface area contributed by atoms with Crippen LogP contribution in [0.25, 0.3) is 11.1 Å². The van der Waals surface area contributed by atoms with E-state index < -0.39 is 18.1 Å². The van der Waals surface area contributed by atoms with Gasteiger partial charge in [0.2, 0.25) is 5.91 Å². The first-order valence-corrected chi connectivity index (χ1v) is 15.7. The number of fused-ring (bicyclic) bond motifs is 4. The summed E-state index contributed by atoms with van der Waals surface area (Å²) in [4.78, 5) is 48.0. The molecule has 2 heterocycles. The van der Waals surface area contributed by atoms with E-state index in [2.05, 4.69) is 33.4 Å². The number of amides is 4. The van der Waals surface area contributed by atoms with Gasteiger partial charge in [-0.1, -0.05) is 55.0 Å². The van der Waals surface area contributed by atoms with Gasteiger partial charge in [-0.2, -0.15) is 11.8 Å². The number of unbranched alkanes of at least 4 members (excludes halogenated alkanes) is 2. The molecule has 42 heavy (non-hydrogen) atoms. The molecule has 1 aliphatic carbocycles. The summed E-state index contributed by atoms with van der Waals surface area (Å²) in [5, 5.41) is 21.3. The predicted molar refractivity (Wildman–Crippen MR) is 160 cm³/mol. The molecule has 0 radical (unpaired) electrons. The molecule has 0 saturated carbocycles. The molecule has 0 aromatic heterocycles. The second-order valence-electron chi connectivity index (χ2n) is 11.1. The quantitative estimate of drug-likeness (QED) is 0.164. The molecular formula is C31H38N4O6S. The Balaban J connectivity index is 0.954. The number of alkyl carbamates (subject to hydrolysis) is 1. The number of carbonyl (C=O) groups excluding carboxylic acids is 3. The van der Waals surface area contributed by atoms with Crippen LogP contribution >= 0.6 is 11.8 Å². The van der Waals surface area contributed by atoms with Crippen LogP contribution < -0.4 is 21.3 Å². The number of rotatable bonds is 14. The zero-order chi connectivity index (χ0) is 29.5. The van der Waals surface area contributed by atoms with Crippen molar-refractivity contribution in [3.63, 3.8) is 0 Å². The Morgan fingerprint density at radius 1 is 0.976 bits per heavy atom. The van der Waals surface area contributed by atoms with E-state index in [1.54, 1.807) is 0 Å². The Bertz CT molecular complexity index is 1260. The van der Waals surface area contributed by atoms with Crippen LogP contribution in [0, 0.1) is 0 Å². The van der Waals surface area contributed by atoms with Crippen molar-refractivity contribution in [1.82, 2.24) is 21.3 Å². The summed E-state index contributed by atoms with van der Waals surface area (Å²) in [5.41, 5.74) is 4.42. The first kappa shape index (κ1) is 29.8. The minimum absolute atomic E-state index is 0.0191. The number of hydrogen-bond acceptors (Lipinski definition) is 6. The average Bonchev–Trinajstić information content (AvgIpc) is 3.64. The highest BCUT2D eigenvalue weighted by Crippen LogP contribution is 2.44. The second kappa shape index (κ2) is 14.0. The van der Waals surface area contributed by atoms with Gasteiger partial charge in [-0.3, -0.25) is 4.79 Å². The van der Waals surface area contributed by atoms with Crippen LogP contribution in [0.4, 0.5) is 9.59 Å². The molecule has 11 heteroatoms. The summed E-state index contributed by atoms with van der Waals surface area (Å²) in [6, 6.07) is 15.3. The van der Waals surface area contributed by atoms with Crippen molar-refractivity contribution in [3.8, 4) is 11.1 Å². The zero-order valence-corrected chi connectivity index (χ0v) is 24.3. The van der Waals surface area contributed by atoms with Crippen molar-refractivity contribution in [1.29, 1.82) is 0 Å². The molecule has 4 amide bonds. The van der Waals surface area contributed by atoms with Gasteiger partial charge in [0.05, 0.1) is 12.1 Å². The van der Waals surface area contributed by atoms with Crippen molar-refractivity contribution in [3.05, 3.63) is 59.7 Å². The van der Waals surface area contributed by atoms with Crippen LogP contribution in [0.1, 0.15) is 62.0 Å². The highest BCUT2D eigenvalue weighted by molar-refractivity contribution is 8.00. The van der Waals surface area contributed by atoms with E-state index in [0.717, 1.165) is 47.3 Å². The molecule has 2 aromatic rings. The highest BCUT2D eigenvalue weighted by atomic mass is 32.2. The Morgan fingerprint density at radius 3 is 2.40 bits per heavy atom.